The number of pyridine rings is 1. The van der Waals surface area contributed by atoms with Crippen LogP contribution in [0.2, 0.25) is 0 Å². The molecule has 0 atom stereocenters. The van der Waals surface area contributed by atoms with Crippen LogP contribution in [0.5, 0.6) is 5.88 Å². The second-order valence-electron chi connectivity index (χ2n) is 4.76. The summed E-state index contributed by atoms with van der Waals surface area (Å²) in [7, 11) is 1.63. The van der Waals surface area contributed by atoms with Crippen LogP contribution in [-0.2, 0) is 6.54 Å². The predicted octanol–water partition coefficient (Wildman–Crippen LogP) is 2.15. The van der Waals surface area contributed by atoms with E-state index in [4.69, 9.17) is 17.0 Å². The van der Waals surface area contributed by atoms with Crippen molar-refractivity contribution in [1.82, 2.24) is 19.4 Å². The molecule has 1 aliphatic rings. The largest absolute Gasteiger partial charge is 0.481 e. The number of nitrogens with one attached hydrogen (secondary N) is 1. The number of nitrogens with zero attached hydrogens (tertiary/aromatic N) is 3. The third kappa shape index (κ3) is 2.84. The maximum Gasteiger partial charge on any atom is 0.215 e. The molecule has 7 heteroatoms. The molecule has 0 spiro atoms. The first-order valence-corrected chi connectivity index (χ1v) is 8.28. The number of aromatic nitrogens is 3. The first-order chi connectivity index (χ1) is 9.78. The van der Waals surface area contributed by atoms with Crippen molar-refractivity contribution in [1.29, 1.82) is 0 Å². The molecule has 0 aliphatic carbocycles. The molecule has 2 aromatic rings. The van der Waals surface area contributed by atoms with E-state index in [0.717, 1.165) is 42.1 Å². The molecule has 5 nitrogen and oxygen atoms in total. The Labute approximate surface area is 127 Å². The lowest BCUT2D eigenvalue weighted by atomic mass is 10.4. The molecule has 0 unspecified atom stereocenters. The lowest BCUT2D eigenvalue weighted by Crippen LogP contribution is -2.35. The van der Waals surface area contributed by atoms with Crippen molar-refractivity contribution in [2.45, 2.75) is 6.54 Å². The first kappa shape index (κ1) is 13.9. The van der Waals surface area contributed by atoms with Crippen LogP contribution < -0.4 is 4.74 Å². The highest BCUT2D eigenvalue weighted by Crippen LogP contribution is 2.17. The van der Waals surface area contributed by atoms with Gasteiger partial charge in [-0.1, -0.05) is 0 Å². The molecule has 3 rings (SSSR count). The topological polar surface area (TPSA) is 46.1 Å². The molecular formula is C13H18N4OS2. The summed E-state index contributed by atoms with van der Waals surface area (Å²) in [6, 6.07) is 3.81. The molecule has 0 aromatic carbocycles. The number of thioether (sulfide) groups is 1. The van der Waals surface area contributed by atoms with Gasteiger partial charge in [0.25, 0.3) is 0 Å². The number of aromatic amines is 1. The second-order valence-corrected chi connectivity index (χ2v) is 6.37. The van der Waals surface area contributed by atoms with Crippen LogP contribution in [0.3, 0.4) is 0 Å². The molecular weight excluding hydrogens is 292 g/mol. The Balaban J connectivity index is 1.82. The van der Waals surface area contributed by atoms with Crippen LogP contribution in [0, 0.1) is 4.77 Å². The molecule has 1 aliphatic heterocycles. The van der Waals surface area contributed by atoms with Gasteiger partial charge in [0.15, 0.2) is 10.4 Å². The van der Waals surface area contributed by atoms with Crippen molar-refractivity contribution >= 4 is 35.1 Å². The summed E-state index contributed by atoms with van der Waals surface area (Å²) in [6.07, 6.45) is 0. The fourth-order valence-corrected chi connectivity index (χ4v) is 3.67. The summed E-state index contributed by atoms with van der Waals surface area (Å²) < 4.78 is 7.99. The molecule has 3 heterocycles. The number of fused-ring (bicyclic) bond motifs is 1. The van der Waals surface area contributed by atoms with Crippen LogP contribution >= 0.6 is 24.0 Å². The number of ether oxygens (including phenoxy) is 1. The van der Waals surface area contributed by atoms with Crippen molar-refractivity contribution < 1.29 is 4.74 Å². The molecule has 0 amide bonds. The fraction of sp³-hybridized carbons (Fsp3) is 0.538. The Bertz CT molecular complexity index is 645. The van der Waals surface area contributed by atoms with Gasteiger partial charge in [0.05, 0.1) is 12.6 Å². The number of hydrogen-bond donors (Lipinski definition) is 1. The lowest BCUT2D eigenvalue weighted by molar-refractivity contribution is 0.290. The minimum absolute atomic E-state index is 0.620. The van der Waals surface area contributed by atoms with E-state index in [1.54, 1.807) is 7.11 Å². The summed E-state index contributed by atoms with van der Waals surface area (Å²) in [6.45, 7) is 4.21. The number of rotatable bonds is 4. The molecule has 0 saturated carbocycles. The lowest BCUT2D eigenvalue weighted by Gasteiger charge is -2.26. The normalized spacial score (nSPS) is 16.6. The van der Waals surface area contributed by atoms with Crippen molar-refractivity contribution in [3.63, 3.8) is 0 Å². The van der Waals surface area contributed by atoms with Crippen LogP contribution in [-0.4, -0.2) is 57.7 Å². The van der Waals surface area contributed by atoms with Gasteiger partial charge in [-0.15, -0.1) is 0 Å². The smallest absolute Gasteiger partial charge is 0.215 e. The average Bonchev–Trinajstić information content (AvgIpc) is 2.80. The molecule has 1 N–H and O–H groups in total. The van der Waals surface area contributed by atoms with Crippen LogP contribution in [0.4, 0.5) is 0 Å². The van der Waals surface area contributed by atoms with Gasteiger partial charge in [-0.25, -0.2) is 0 Å². The van der Waals surface area contributed by atoms with E-state index in [2.05, 4.69) is 19.4 Å². The van der Waals surface area contributed by atoms with Gasteiger partial charge in [0.1, 0.15) is 0 Å². The Kier molecular flexibility index (Phi) is 4.28. The minimum Gasteiger partial charge on any atom is -0.481 e. The zero-order valence-corrected chi connectivity index (χ0v) is 13.1. The highest BCUT2D eigenvalue weighted by Gasteiger charge is 2.12. The van der Waals surface area contributed by atoms with Gasteiger partial charge >= 0.3 is 0 Å². The van der Waals surface area contributed by atoms with E-state index in [-0.39, 0.29) is 0 Å². The third-order valence-corrected chi connectivity index (χ3v) is 4.81. The highest BCUT2D eigenvalue weighted by molar-refractivity contribution is 7.99. The van der Waals surface area contributed by atoms with Crippen LogP contribution in [0.25, 0.3) is 11.2 Å². The van der Waals surface area contributed by atoms with Crippen molar-refractivity contribution in [3.8, 4) is 5.88 Å². The second kappa shape index (κ2) is 6.15. The number of methoxy groups -OCH3 is 1. The molecule has 0 bridgehead atoms. The van der Waals surface area contributed by atoms with Gasteiger partial charge in [-0.3, -0.25) is 4.90 Å². The SMILES string of the molecule is COc1ccc2[nH]c(=S)n(CCN3CCSCC3)c2n1. The monoisotopic (exact) mass is 310 g/mol. The van der Waals surface area contributed by atoms with Crippen LogP contribution in [0.1, 0.15) is 0 Å². The summed E-state index contributed by atoms with van der Waals surface area (Å²) in [5.74, 6) is 3.08. The summed E-state index contributed by atoms with van der Waals surface area (Å²) in [5, 5.41) is 0. The van der Waals surface area contributed by atoms with Gasteiger partial charge < -0.3 is 14.3 Å². The minimum atomic E-state index is 0.620. The van der Waals surface area contributed by atoms with Crippen molar-refractivity contribution in [2.75, 3.05) is 38.2 Å². The number of hydrogen-bond acceptors (Lipinski definition) is 5. The fourth-order valence-electron chi connectivity index (χ4n) is 2.40. The Hall–Kier alpha value is -1.05. The Morgan fingerprint density at radius 1 is 1.35 bits per heavy atom. The molecule has 2 aromatic heterocycles. The average molecular weight is 310 g/mol. The summed E-state index contributed by atoms with van der Waals surface area (Å²) in [4.78, 5) is 10.2. The maximum absolute atomic E-state index is 5.40. The molecule has 1 saturated heterocycles. The van der Waals surface area contributed by atoms with Gasteiger partial charge in [-0.2, -0.15) is 16.7 Å². The Morgan fingerprint density at radius 3 is 2.90 bits per heavy atom. The van der Waals surface area contributed by atoms with E-state index in [1.807, 2.05) is 23.9 Å². The van der Waals surface area contributed by atoms with Gasteiger partial charge in [-0.05, 0) is 18.3 Å². The number of H-pyrrole nitrogens is 1. The van der Waals surface area contributed by atoms with Crippen molar-refractivity contribution in [3.05, 3.63) is 16.9 Å². The highest BCUT2D eigenvalue weighted by atomic mass is 32.2. The molecule has 0 radical (unpaired) electrons. The molecule has 20 heavy (non-hydrogen) atoms. The standard InChI is InChI=1S/C13H18N4OS2/c1-18-11-3-2-10-12(15-11)17(13(19)14-10)5-4-16-6-8-20-9-7-16/h2-3H,4-9H2,1H3,(H,14,19). The van der Waals surface area contributed by atoms with Gasteiger partial charge in [0, 0.05) is 43.8 Å². The van der Waals surface area contributed by atoms with E-state index >= 15 is 0 Å². The summed E-state index contributed by atoms with van der Waals surface area (Å²) >= 11 is 7.43. The van der Waals surface area contributed by atoms with E-state index in [1.165, 1.54) is 11.5 Å². The Morgan fingerprint density at radius 2 is 2.15 bits per heavy atom. The van der Waals surface area contributed by atoms with E-state index in [9.17, 15) is 0 Å². The third-order valence-electron chi connectivity index (χ3n) is 3.54. The van der Waals surface area contributed by atoms with Crippen molar-refractivity contribution in [2.24, 2.45) is 0 Å². The van der Waals surface area contributed by atoms with E-state index < -0.39 is 0 Å². The zero-order valence-electron chi connectivity index (χ0n) is 11.5. The van der Waals surface area contributed by atoms with Crippen LogP contribution in [0.15, 0.2) is 12.1 Å². The first-order valence-electron chi connectivity index (χ1n) is 6.71. The summed E-state index contributed by atoms with van der Waals surface area (Å²) in [5.41, 5.74) is 1.84. The van der Waals surface area contributed by atoms with E-state index in [0.29, 0.717) is 5.88 Å². The molecule has 1 fully saturated rings. The quantitative estimate of drug-likeness (QED) is 0.877. The predicted molar refractivity (Wildman–Crippen MR) is 85.2 cm³/mol. The zero-order chi connectivity index (χ0) is 13.9. The number of imidazole rings is 1. The maximum atomic E-state index is 5.40. The van der Waals surface area contributed by atoms with Gasteiger partial charge in [0.2, 0.25) is 5.88 Å². The molecule has 108 valence electrons.